The fourth-order valence-electron chi connectivity index (χ4n) is 2.45. The molecule has 0 saturated carbocycles. The van der Waals surface area contributed by atoms with E-state index in [9.17, 15) is 10.4 Å². The SMILES string of the molecule is N#C/C(=C(/O)CSc1nnc2ccccn12)c1nc2ccccc2[nH]1. The molecular formula is C17H12N6OS. The van der Waals surface area contributed by atoms with Gasteiger partial charge < -0.3 is 10.1 Å². The summed E-state index contributed by atoms with van der Waals surface area (Å²) in [5.41, 5.74) is 2.41. The third-order valence-electron chi connectivity index (χ3n) is 3.65. The molecule has 0 spiro atoms. The molecular weight excluding hydrogens is 336 g/mol. The summed E-state index contributed by atoms with van der Waals surface area (Å²) in [5.74, 6) is 0.488. The Morgan fingerprint density at radius 2 is 2.04 bits per heavy atom. The number of rotatable bonds is 4. The number of aliphatic hydroxyl groups excluding tert-OH is 1. The highest BCUT2D eigenvalue weighted by Crippen LogP contribution is 2.24. The van der Waals surface area contributed by atoms with Crippen LogP contribution in [0.5, 0.6) is 0 Å². The van der Waals surface area contributed by atoms with E-state index in [2.05, 4.69) is 20.2 Å². The lowest BCUT2D eigenvalue weighted by Crippen LogP contribution is -1.96. The number of benzene rings is 1. The van der Waals surface area contributed by atoms with E-state index in [0.29, 0.717) is 11.0 Å². The van der Waals surface area contributed by atoms with Crippen LogP contribution < -0.4 is 0 Å². The van der Waals surface area contributed by atoms with Crippen LogP contribution in [0.4, 0.5) is 0 Å². The number of aromatic amines is 1. The number of hydrogen-bond acceptors (Lipinski definition) is 6. The second kappa shape index (κ2) is 6.30. The quantitative estimate of drug-likeness (QED) is 0.333. The summed E-state index contributed by atoms with van der Waals surface area (Å²) in [4.78, 5) is 7.42. The maximum absolute atomic E-state index is 10.4. The molecule has 0 radical (unpaired) electrons. The van der Waals surface area contributed by atoms with Crippen LogP contribution in [0.25, 0.3) is 22.3 Å². The van der Waals surface area contributed by atoms with Gasteiger partial charge in [0.05, 0.1) is 16.8 Å². The zero-order valence-corrected chi connectivity index (χ0v) is 13.7. The molecule has 25 heavy (non-hydrogen) atoms. The first-order valence-corrected chi connectivity index (χ1v) is 8.45. The lowest BCUT2D eigenvalue weighted by atomic mass is 10.2. The highest BCUT2D eigenvalue weighted by Gasteiger charge is 2.14. The molecule has 7 nitrogen and oxygen atoms in total. The molecule has 0 aliphatic carbocycles. The predicted molar refractivity (Wildman–Crippen MR) is 95.0 cm³/mol. The van der Waals surface area contributed by atoms with Gasteiger partial charge in [-0.1, -0.05) is 30.0 Å². The summed E-state index contributed by atoms with van der Waals surface area (Å²) < 4.78 is 1.82. The van der Waals surface area contributed by atoms with E-state index in [1.54, 1.807) is 0 Å². The van der Waals surface area contributed by atoms with Crippen LogP contribution in [0.3, 0.4) is 0 Å². The lowest BCUT2D eigenvalue weighted by Gasteiger charge is -2.02. The van der Waals surface area contributed by atoms with Crippen LogP contribution in [-0.2, 0) is 0 Å². The number of imidazole rings is 1. The minimum atomic E-state index is -0.0563. The van der Waals surface area contributed by atoms with E-state index >= 15 is 0 Å². The highest BCUT2D eigenvalue weighted by molar-refractivity contribution is 7.99. The first kappa shape index (κ1) is 15.2. The van der Waals surface area contributed by atoms with Gasteiger partial charge in [0.2, 0.25) is 0 Å². The number of fused-ring (bicyclic) bond motifs is 2. The van der Waals surface area contributed by atoms with E-state index in [1.807, 2.05) is 59.1 Å². The van der Waals surface area contributed by atoms with Crippen molar-refractivity contribution in [2.24, 2.45) is 0 Å². The van der Waals surface area contributed by atoms with Crippen molar-refractivity contribution in [3.05, 3.63) is 60.2 Å². The molecule has 122 valence electrons. The van der Waals surface area contributed by atoms with Gasteiger partial charge in [-0.2, -0.15) is 5.26 Å². The summed E-state index contributed by atoms with van der Waals surface area (Å²) >= 11 is 1.30. The molecule has 3 aromatic heterocycles. The average molecular weight is 348 g/mol. The number of para-hydroxylation sites is 2. The molecule has 0 saturated heterocycles. The largest absolute Gasteiger partial charge is 0.510 e. The molecule has 2 N–H and O–H groups in total. The molecule has 3 heterocycles. The monoisotopic (exact) mass is 348 g/mol. The van der Waals surface area contributed by atoms with E-state index < -0.39 is 0 Å². The summed E-state index contributed by atoms with van der Waals surface area (Å²) in [6.45, 7) is 0. The number of nitriles is 1. The van der Waals surface area contributed by atoms with Crippen molar-refractivity contribution < 1.29 is 5.11 Å². The number of aliphatic hydroxyl groups is 1. The fraction of sp³-hybridized carbons (Fsp3) is 0.0588. The van der Waals surface area contributed by atoms with E-state index in [4.69, 9.17) is 0 Å². The minimum absolute atomic E-state index is 0.0563. The first-order valence-electron chi connectivity index (χ1n) is 7.46. The molecule has 0 aliphatic rings. The summed E-state index contributed by atoms with van der Waals surface area (Å²) in [5, 5.41) is 28.6. The fourth-order valence-corrected chi connectivity index (χ4v) is 3.25. The third kappa shape index (κ3) is 2.81. The highest BCUT2D eigenvalue weighted by atomic mass is 32.2. The number of pyridine rings is 1. The standard InChI is InChI=1S/C17H12N6OS/c18-9-11(16-19-12-5-1-2-6-13(12)20-16)14(24)10-25-17-22-21-15-7-3-4-8-23(15)17/h1-8,24H,10H2,(H,19,20)/b14-11-. The maximum atomic E-state index is 10.4. The molecule has 4 aromatic rings. The van der Waals surface area contributed by atoms with E-state index in [-0.39, 0.29) is 17.1 Å². The Balaban J connectivity index is 1.62. The predicted octanol–water partition coefficient (Wildman–Crippen LogP) is 3.19. The van der Waals surface area contributed by atoms with Crippen LogP contribution in [-0.4, -0.2) is 35.4 Å². The van der Waals surface area contributed by atoms with Crippen molar-refractivity contribution in [2.45, 2.75) is 5.16 Å². The summed E-state index contributed by atoms with van der Waals surface area (Å²) in [6, 6.07) is 15.1. The second-order valence-corrected chi connectivity index (χ2v) is 6.18. The van der Waals surface area contributed by atoms with Gasteiger partial charge in [0.25, 0.3) is 0 Å². The molecule has 8 heteroatoms. The molecule has 0 aliphatic heterocycles. The minimum Gasteiger partial charge on any atom is -0.510 e. The van der Waals surface area contributed by atoms with Crippen molar-refractivity contribution in [2.75, 3.05) is 5.75 Å². The summed E-state index contributed by atoms with van der Waals surface area (Å²) in [6.07, 6.45) is 1.85. The van der Waals surface area contributed by atoms with Gasteiger partial charge in [-0.15, -0.1) is 10.2 Å². The molecule has 0 atom stereocenters. The van der Waals surface area contributed by atoms with Gasteiger partial charge in [-0.3, -0.25) is 4.40 Å². The lowest BCUT2D eigenvalue weighted by molar-refractivity contribution is 0.420. The van der Waals surface area contributed by atoms with Crippen molar-refractivity contribution in [1.29, 1.82) is 5.26 Å². The Bertz CT molecular complexity index is 1100. The van der Waals surface area contributed by atoms with E-state index in [1.165, 1.54) is 11.8 Å². The number of allylic oxidation sites excluding steroid dienone is 1. The van der Waals surface area contributed by atoms with Crippen LogP contribution >= 0.6 is 11.8 Å². The zero-order valence-electron chi connectivity index (χ0n) is 12.9. The van der Waals surface area contributed by atoms with Gasteiger partial charge in [-0.05, 0) is 24.3 Å². The number of hydrogen-bond donors (Lipinski definition) is 2. The van der Waals surface area contributed by atoms with Gasteiger partial charge in [0.1, 0.15) is 17.4 Å². The second-order valence-electron chi connectivity index (χ2n) is 5.24. The number of nitrogens with one attached hydrogen (secondary N) is 1. The Morgan fingerprint density at radius 1 is 1.20 bits per heavy atom. The molecule has 0 amide bonds. The van der Waals surface area contributed by atoms with E-state index in [0.717, 1.165) is 16.7 Å². The molecule has 0 fully saturated rings. The maximum Gasteiger partial charge on any atom is 0.196 e. The Morgan fingerprint density at radius 3 is 2.88 bits per heavy atom. The number of aromatic nitrogens is 5. The van der Waals surface area contributed by atoms with Crippen LogP contribution in [0.1, 0.15) is 5.82 Å². The van der Waals surface area contributed by atoms with Crippen LogP contribution in [0.2, 0.25) is 0 Å². The van der Waals surface area contributed by atoms with Gasteiger partial charge in [0.15, 0.2) is 16.6 Å². The van der Waals surface area contributed by atoms with Crippen LogP contribution in [0.15, 0.2) is 59.6 Å². The van der Waals surface area contributed by atoms with Crippen LogP contribution in [0, 0.1) is 11.3 Å². The summed E-state index contributed by atoms with van der Waals surface area (Å²) in [7, 11) is 0. The zero-order chi connectivity index (χ0) is 17.2. The smallest absolute Gasteiger partial charge is 0.196 e. The Kier molecular flexibility index (Phi) is 3.84. The van der Waals surface area contributed by atoms with Crippen molar-refractivity contribution in [3.63, 3.8) is 0 Å². The van der Waals surface area contributed by atoms with Gasteiger partial charge >= 0.3 is 0 Å². The molecule has 0 bridgehead atoms. The normalized spacial score (nSPS) is 12.3. The topological polar surface area (TPSA) is 103 Å². The number of thioether (sulfide) groups is 1. The average Bonchev–Trinajstić information content (AvgIpc) is 3.24. The van der Waals surface area contributed by atoms with Gasteiger partial charge in [-0.25, -0.2) is 4.98 Å². The van der Waals surface area contributed by atoms with Gasteiger partial charge in [0, 0.05) is 6.20 Å². The Labute approximate surface area is 146 Å². The number of nitrogens with zero attached hydrogens (tertiary/aromatic N) is 5. The first-order chi connectivity index (χ1) is 12.3. The Hall–Kier alpha value is -3.31. The molecule has 1 aromatic carbocycles. The van der Waals surface area contributed by atoms with Crippen molar-refractivity contribution in [3.8, 4) is 6.07 Å². The molecule has 4 rings (SSSR count). The number of H-pyrrole nitrogens is 1. The van der Waals surface area contributed by atoms with Crippen molar-refractivity contribution in [1.82, 2.24) is 24.6 Å². The van der Waals surface area contributed by atoms with Crippen molar-refractivity contribution >= 4 is 34.0 Å². The third-order valence-corrected chi connectivity index (χ3v) is 4.60. The molecule has 0 unspecified atom stereocenters.